The maximum atomic E-state index is 12.1. The lowest BCUT2D eigenvalue weighted by Gasteiger charge is -2.21. The number of carbonyl (C=O) groups excluding carboxylic acids is 2. The second kappa shape index (κ2) is 4.73. The molecule has 0 saturated heterocycles. The first-order chi connectivity index (χ1) is 8.13. The summed E-state index contributed by atoms with van der Waals surface area (Å²) >= 11 is 0. The first-order valence-electron chi connectivity index (χ1n) is 6.09. The summed E-state index contributed by atoms with van der Waals surface area (Å²) in [5.74, 6) is 0.103. The largest absolute Gasteiger partial charge is 0.338 e. The van der Waals surface area contributed by atoms with Crippen molar-refractivity contribution in [1.29, 1.82) is 0 Å². The van der Waals surface area contributed by atoms with Gasteiger partial charge >= 0.3 is 0 Å². The van der Waals surface area contributed by atoms with E-state index in [1.807, 2.05) is 11.8 Å². The lowest BCUT2D eigenvalue weighted by molar-refractivity contribution is -0.132. The van der Waals surface area contributed by atoms with Crippen LogP contribution in [0.15, 0.2) is 18.3 Å². The summed E-state index contributed by atoms with van der Waals surface area (Å²) in [6, 6.07) is 3.99. The number of ketones is 1. The van der Waals surface area contributed by atoms with E-state index in [9.17, 15) is 9.59 Å². The van der Waals surface area contributed by atoms with Crippen molar-refractivity contribution >= 4 is 11.7 Å². The van der Waals surface area contributed by atoms with E-state index in [0.29, 0.717) is 11.7 Å². The minimum Gasteiger partial charge on any atom is -0.338 e. The van der Waals surface area contributed by atoms with Crippen LogP contribution in [-0.2, 0) is 11.3 Å². The van der Waals surface area contributed by atoms with Crippen LogP contribution in [0.5, 0.6) is 0 Å². The van der Waals surface area contributed by atoms with E-state index in [2.05, 4.69) is 0 Å². The van der Waals surface area contributed by atoms with Crippen LogP contribution in [0.3, 0.4) is 0 Å². The van der Waals surface area contributed by atoms with Gasteiger partial charge in [0.25, 0.3) is 0 Å². The summed E-state index contributed by atoms with van der Waals surface area (Å²) in [4.78, 5) is 25.3. The van der Waals surface area contributed by atoms with Crippen LogP contribution in [0.25, 0.3) is 0 Å². The molecule has 1 aromatic heterocycles. The summed E-state index contributed by atoms with van der Waals surface area (Å²) < 4.78 is 1.73. The molecule has 1 heterocycles. The Labute approximate surface area is 101 Å². The number of aromatic nitrogens is 1. The molecule has 1 aromatic rings. The van der Waals surface area contributed by atoms with Crippen LogP contribution >= 0.6 is 0 Å². The Hall–Kier alpha value is -1.58. The van der Waals surface area contributed by atoms with Gasteiger partial charge in [-0.2, -0.15) is 0 Å². The Bertz CT molecular complexity index is 432. The summed E-state index contributed by atoms with van der Waals surface area (Å²) in [7, 11) is 0. The average Bonchev–Trinajstić information content (AvgIpc) is 2.98. The molecule has 1 amide bonds. The molecule has 0 spiro atoms. The molecule has 4 heteroatoms. The highest BCUT2D eigenvalue weighted by Gasteiger charge is 2.31. The standard InChI is InChI=1S/C13H18N2O2/c1-3-15(11-6-7-11)13(17)9-14-8-4-5-12(14)10(2)16/h4-5,8,11H,3,6-7,9H2,1-2H3. The number of hydrogen-bond acceptors (Lipinski definition) is 2. The number of carbonyl (C=O) groups is 2. The molecule has 17 heavy (non-hydrogen) atoms. The predicted molar refractivity (Wildman–Crippen MR) is 64.8 cm³/mol. The minimum atomic E-state index is -0.00253. The summed E-state index contributed by atoms with van der Waals surface area (Å²) in [6.07, 6.45) is 4.02. The first-order valence-corrected chi connectivity index (χ1v) is 6.09. The van der Waals surface area contributed by atoms with Crippen molar-refractivity contribution in [3.05, 3.63) is 24.0 Å². The Balaban J connectivity index is 2.06. The molecule has 2 rings (SSSR count). The number of hydrogen-bond donors (Lipinski definition) is 0. The molecule has 0 bridgehead atoms. The molecule has 0 aromatic carbocycles. The molecule has 0 aliphatic heterocycles. The van der Waals surface area contributed by atoms with Crippen LogP contribution in [-0.4, -0.2) is 33.7 Å². The molecule has 92 valence electrons. The van der Waals surface area contributed by atoms with Crippen molar-refractivity contribution in [3.8, 4) is 0 Å². The first kappa shape index (κ1) is 11.9. The van der Waals surface area contributed by atoms with Gasteiger partial charge in [-0.05, 0) is 31.9 Å². The fraction of sp³-hybridized carbons (Fsp3) is 0.538. The Morgan fingerprint density at radius 3 is 2.71 bits per heavy atom. The molecular weight excluding hydrogens is 216 g/mol. The molecule has 0 atom stereocenters. The molecule has 0 radical (unpaired) electrons. The van der Waals surface area contributed by atoms with Gasteiger partial charge < -0.3 is 9.47 Å². The molecule has 1 aliphatic rings. The minimum absolute atomic E-state index is 0.00253. The van der Waals surface area contributed by atoms with Crippen LogP contribution in [0.4, 0.5) is 0 Å². The van der Waals surface area contributed by atoms with E-state index < -0.39 is 0 Å². The van der Waals surface area contributed by atoms with Crippen molar-refractivity contribution in [3.63, 3.8) is 0 Å². The van der Waals surface area contributed by atoms with Gasteiger partial charge in [-0.25, -0.2) is 0 Å². The second-order valence-corrected chi connectivity index (χ2v) is 4.49. The average molecular weight is 234 g/mol. The van der Waals surface area contributed by atoms with Crippen molar-refractivity contribution in [2.24, 2.45) is 0 Å². The van der Waals surface area contributed by atoms with E-state index in [1.165, 1.54) is 6.92 Å². The number of rotatable bonds is 5. The van der Waals surface area contributed by atoms with Crippen molar-refractivity contribution in [1.82, 2.24) is 9.47 Å². The fourth-order valence-corrected chi connectivity index (χ4v) is 2.13. The maximum Gasteiger partial charge on any atom is 0.242 e. The Morgan fingerprint density at radius 2 is 2.18 bits per heavy atom. The summed E-state index contributed by atoms with van der Waals surface area (Å²) in [6.45, 7) is 4.54. The van der Waals surface area contributed by atoms with Crippen molar-refractivity contribution in [2.45, 2.75) is 39.3 Å². The Morgan fingerprint density at radius 1 is 1.47 bits per heavy atom. The third-order valence-corrected chi connectivity index (χ3v) is 3.14. The van der Waals surface area contributed by atoms with E-state index in [1.54, 1.807) is 22.9 Å². The SMILES string of the molecule is CCN(C(=O)Cn1cccc1C(C)=O)C1CC1. The van der Waals surface area contributed by atoms with Gasteiger partial charge in [0, 0.05) is 25.7 Å². The van der Waals surface area contributed by atoms with E-state index in [-0.39, 0.29) is 18.2 Å². The highest BCUT2D eigenvalue weighted by molar-refractivity contribution is 5.93. The van der Waals surface area contributed by atoms with Gasteiger partial charge in [0.1, 0.15) is 6.54 Å². The zero-order chi connectivity index (χ0) is 12.4. The zero-order valence-electron chi connectivity index (χ0n) is 10.3. The highest BCUT2D eigenvalue weighted by Crippen LogP contribution is 2.26. The third-order valence-electron chi connectivity index (χ3n) is 3.14. The number of nitrogens with zero attached hydrogens (tertiary/aromatic N) is 2. The van der Waals surface area contributed by atoms with Crippen LogP contribution < -0.4 is 0 Å². The molecule has 0 unspecified atom stereocenters. The Kier molecular flexibility index (Phi) is 3.31. The zero-order valence-corrected chi connectivity index (χ0v) is 10.3. The number of likely N-dealkylation sites (N-methyl/N-ethyl adjacent to an activating group) is 1. The third kappa shape index (κ3) is 2.57. The smallest absolute Gasteiger partial charge is 0.242 e. The molecular formula is C13H18N2O2. The maximum absolute atomic E-state index is 12.1. The van der Waals surface area contributed by atoms with E-state index >= 15 is 0 Å². The van der Waals surface area contributed by atoms with Gasteiger partial charge in [-0.1, -0.05) is 0 Å². The van der Waals surface area contributed by atoms with E-state index in [4.69, 9.17) is 0 Å². The molecule has 0 N–H and O–H groups in total. The number of Topliss-reactive ketones (excluding diaryl/α,β-unsaturated/α-hetero) is 1. The molecule has 4 nitrogen and oxygen atoms in total. The highest BCUT2D eigenvalue weighted by atomic mass is 16.2. The van der Waals surface area contributed by atoms with Gasteiger partial charge in [0.2, 0.25) is 5.91 Å². The lowest BCUT2D eigenvalue weighted by Crippen LogP contribution is -2.35. The molecule has 1 saturated carbocycles. The normalized spacial score (nSPS) is 14.7. The van der Waals surface area contributed by atoms with E-state index in [0.717, 1.165) is 19.4 Å². The second-order valence-electron chi connectivity index (χ2n) is 4.49. The van der Waals surface area contributed by atoms with Gasteiger partial charge in [-0.3, -0.25) is 9.59 Å². The quantitative estimate of drug-likeness (QED) is 0.728. The van der Waals surface area contributed by atoms with Crippen LogP contribution in [0.1, 0.15) is 37.2 Å². The van der Waals surface area contributed by atoms with Gasteiger partial charge in [-0.15, -0.1) is 0 Å². The molecule has 1 fully saturated rings. The topological polar surface area (TPSA) is 42.3 Å². The van der Waals surface area contributed by atoms with Crippen molar-refractivity contribution in [2.75, 3.05) is 6.54 Å². The summed E-state index contributed by atoms with van der Waals surface area (Å²) in [5, 5.41) is 0. The lowest BCUT2D eigenvalue weighted by atomic mass is 10.3. The summed E-state index contributed by atoms with van der Waals surface area (Å²) in [5.41, 5.74) is 0.602. The van der Waals surface area contributed by atoms with Crippen molar-refractivity contribution < 1.29 is 9.59 Å². The van der Waals surface area contributed by atoms with Gasteiger partial charge in [0.05, 0.1) is 5.69 Å². The monoisotopic (exact) mass is 234 g/mol. The van der Waals surface area contributed by atoms with Crippen LogP contribution in [0.2, 0.25) is 0 Å². The fourth-order valence-electron chi connectivity index (χ4n) is 2.13. The molecule has 1 aliphatic carbocycles. The predicted octanol–water partition coefficient (Wildman–Crippen LogP) is 1.70. The van der Waals surface area contributed by atoms with Crippen LogP contribution in [0, 0.1) is 0 Å². The van der Waals surface area contributed by atoms with Gasteiger partial charge in [0.15, 0.2) is 5.78 Å². The number of amides is 1.